The molecular formula is C17H19F3N2O4. The molecule has 1 aromatic carbocycles. The van der Waals surface area contributed by atoms with Gasteiger partial charge >= 0.3 is 12.1 Å². The quantitative estimate of drug-likeness (QED) is 0.772. The highest BCUT2D eigenvalue weighted by Crippen LogP contribution is 2.30. The van der Waals surface area contributed by atoms with Crippen molar-refractivity contribution >= 4 is 17.8 Å². The van der Waals surface area contributed by atoms with E-state index in [1.807, 2.05) is 0 Å². The van der Waals surface area contributed by atoms with Crippen molar-refractivity contribution in [2.75, 3.05) is 6.54 Å². The van der Waals surface area contributed by atoms with Crippen LogP contribution in [0.3, 0.4) is 0 Å². The summed E-state index contributed by atoms with van der Waals surface area (Å²) in [6.45, 7) is 3.04. The second-order valence-electron chi connectivity index (χ2n) is 6.18. The van der Waals surface area contributed by atoms with E-state index in [0.29, 0.717) is 5.56 Å². The smallest absolute Gasteiger partial charge is 0.416 e. The molecular weight excluding hydrogens is 353 g/mol. The van der Waals surface area contributed by atoms with E-state index >= 15 is 0 Å². The van der Waals surface area contributed by atoms with Gasteiger partial charge in [0.1, 0.15) is 12.1 Å². The Morgan fingerprint density at radius 3 is 2.42 bits per heavy atom. The summed E-state index contributed by atoms with van der Waals surface area (Å²) in [6.07, 6.45) is -5.36. The van der Waals surface area contributed by atoms with Crippen molar-refractivity contribution in [3.8, 4) is 0 Å². The average molecular weight is 372 g/mol. The van der Waals surface area contributed by atoms with Crippen LogP contribution in [0.25, 0.3) is 0 Å². The Hall–Kier alpha value is -2.58. The lowest BCUT2D eigenvalue weighted by molar-refractivity contribution is -0.153. The number of rotatable bonds is 5. The van der Waals surface area contributed by atoms with Gasteiger partial charge < -0.3 is 15.4 Å². The van der Waals surface area contributed by atoms with Crippen molar-refractivity contribution in [1.82, 2.24) is 10.6 Å². The highest BCUT2D eigenvalue weighted by atomic mass is 19.4. The van der Waals surface area contributed by atoms with Gasteiger partial charge in [0.2, 0.25) is 11.8 Å². The number of benzene rings is 1. The summed E-state index contributed by atoms with van der Waals surface area (Å²) in [5.41, 5.74) is -0.199. The Labute approximate surface area is 148 Å². The lowest BCUT2D eigenvalue weighted by atomic mass is 9.96. The summed E-state index contributed by atoms with van der Waals surface area (Å²) in [4.78, 5) is 35.1. The Kier molecular flexibility index (Phi) is 5.89. The third-order valence-corrected chi connectivity index (χ3v) is 4.09. The first-order valence-electron chi connectivity index (χ1n) is 8.01. The number of nitrogens with one attached hydrogen (secondary N) is 2. The molecule has 0 aromatic heterocycles. The van der Waals surface area contributed by atoms with Crippen LogP contribution in [0.15, 0.2) is 24.3 Å². The van der Waals surface area contributed by atoms with E-state index in [1.54, 1.807) is 6.92 Å². The van der Waals surface area contributed by atoms with E-state index in [2.05, 4.69) is 10.6 Å². The maximum Gasteiger partial charge on any atom is 0.416 e. The predicted molar refractivity (Wildman–Crippen MR) is 85.0 cm³/mol. The van der Waals surface area contributed by atoms with Gasteiger partial charge in [-0.1, -0.05) is 19.1 Å². The fourth-order valence-electron chi connectivity index (χ4n) is 2.59. The van der Waals surface area contributed by atoms with Gasteiger partial charge in [-0.2, -0.15) is 13.2 Å². The molecule has 0 spiro atoms. The molecule has 2 unspecified atom stereocenters. The summed E-state index contributed by atoms with van der Waals surface area (Å²) in [6, 6.07) is 3.59. The minimum absolute atomic E-state index is 0.0714. The molecule has 1 saturated heterocycles. The van der Waals surface area contributed by atoms with Gasteiger partial charge in [0.05, 0.1) is 18.5 Å². The summed E-state index contributed by atoms with van der Waals surface area (Å²) in [5, 5.41) is 4.83. The fraction of sp³-hybridized carbons (Fsp3) is 0.471. The number of amides is 2. The van der Waals surface area contributed by atoms with E-state index in [1.165, 1.54) is 19.1 Å². The van der Waals surface area contributed by atoms with Crippen LogP contribution >= 0.6 is 0 Å². The van der Waals surface area contributed by atoms with Gasteiger partial charge in [-0.25, -0.2) is 0 Å². The molecule has 3 atom stereocenters. The molecule has 1 heterocycles. The molecule has 1 fully saturated rings. The van der Waals surface area contributed by atoms with Gasteiger partial charge in [-0.3, -0.25) is 14.4 Å². The van der Waals surface area contributed by atoms with Crippen LogP contribution in [0.2, 0.25) is 0 Å². The van der Waals surface area contributed by atoms with Gasteiger partial charge in [-0.15, -0.1) is 0 Å². The van der Waals surface area contributed by atoms with E-state index in [9.17, 15) is 27.6 Å². The lowest BCUT2D eigenvalue weighted by Crippen LogP contribution is -2.60. The first-order chi connectivity index (χ1) is 12.1. The first-order valence-corrected chi connectivity index (χ1v) is 8.01. The molecule has 0 radical (unpaired) electrons. The third-order valence-electron chi connectivity index (χ3n) is 4.09. The molecule has 1 aromatic rings. The number of hydrogen-bond donors (Lipinski definition) is 2. The maximum atomic E-state index is 12.6. The molecule has 2 rings (SSSR count). The number of carbonyl (C=O) groups is 3. The second-order valence-corrected chi connectivity index (χ2v) is 6.18. The second kappa shape index (κ2) is 7.76. The van der Waals surface area contributed by atoms with Crippen molar-refractivity contribution in [2.24, 2.45) is 0 Å². The number of esters is 1. The molecule has 0 aliphatic carbocycles. The highest BCUT2D eigenvalue weighted by molar-refractivity contribution is 5.95. The van der Waals surface area contributed by atoms with E-state index in [0.717, 1.165) is 12.1 Å². The van der Waals surface area contributed by atoms with Crippen molar-refractivity contribution in [2.45, 2.75) is 44.5 Å². The summed E-state index contributed by atoms with van der Waals surface area (Å²) >= 11 is 0. The molecule has 2 N–H and O–H groups in total. The van der Waals surface area contributed by atoms with Crippen LogP contribution in [0.5, 0.6) is 0 Å². The minimum atomic E-state index is -4.42. The minimum Gasteiger partial charge on any atom is -0.460 e. The zero-order valence-corrected chi connectivity index (χ0v) is 14.2. The van der Waals surface area contributed by atoms with Gasteiger partial charge in [0.15, 0.2) is 0 Å². The van der Waals surface area contributed by atoms with Crippen LogP contribution in [0, 0.1) is 0 Å². The molecule has 142 valence electrons. The standard InChI is InChI=1S/C17H19F3N2O4/c1-9(11-3-5-12(6-4-11)17(18,19)20)7-14(24)26-10(2)15-16(25)21-8-13(23)22-15/h3-6,9-10,15H,7-8H2,1-2H3,(H,21,25)(H,22,23)/t9-,10?,15?/m1/s1. The van der Waals surface area contributed by atoms with Gasteiger partial charge in [0, 0.05) is 0 Å². The van der Waals surface area contributed by atoms with E-state index < -0.39 is 35.8 Å². The summed E-state index contributed by atoms with van der Waals surface area (Å²) in [5.74, 6) is -1.81. The normalized spacial score (nSPS) is 20.0. The largest absolute Gasteiger partial charge is 0.460 e. The zero-order chi connectivity index (χ0) is 19.5. The van der Waals surface area contributed by atoms with E-state index in [-0.39, 0.29) is 24.8 Å². The van der Waals surface area contributed by atoms with Crippen LogP contribution in [0.1, 0.15) is 37.3 Å². The van der Waals surface area contributed by atoms with Crippen LogP contribution in [-0.2, 0) is 25.3 Å². The van der Waals surface area contributed by atoms with Crippen LogP contribution in [0.4, 0.5) is 13.2 Å². The third kappa shape index (κ3) is 4.96. The molecule has 2 amide bonds. The predicted octanol–water partition coefficient (Wildman–Crippen LogP) is 1.75. The SMILES string of the molecule is CC(OC(=O)C[C@@H](C)c1ccc(C(F)(F)F)cc1)C1NC(=O)CNC1=O. The van der Waals surface area contributed by atoms with Crippen LogP contribution < -0.4 is 10.6 Å². The first kappa shape index (κ1) is 19.7. The lowest BCUT2D eigenvalue weighted by Gasteiger charge is -2.28. The molecule has 0 saturated carbocycles. The van der Waals surface area contributed by atoms with E-state index in [4.69, 9.17) is 4.74 Å². The number of halogens is 3. The number of piperazine rings is 1. The van der Waals surface area contributed by atoms with Gasteiger partial charge in [-0.05, 0) is 30.5 Å². The fourth-order valence-corrected chi connectivity index (χ4v) is 2.59. The van der Waals surface area contributed by atoms with Gasteiger partial charge in [0.25, 0.3) is 0 Å². The maximum absolute atomic E-state index is 12.6. The number of hydrogen-bond acceptors (Lipinski definition) is 4. The number of carbonyl (C=O) groups excluding carboxylic acids is 3. The summed E-state index contributed by atoms with van der Waals surface area (Å²) < 4.78 is 42.9. The Bertz CT molecular complexity index is 688. The van der Waals surface area contributed by atoms with Crippen molar-refractivity contribution in [1.29, 1.82) is 0 Å². The van der Waals surface area contributed by atoms with Crippen molar-refractivity contribution in [3.63, 3.8) is 0 Å². The molecule has 1 aliphatic rings. The Balaban J connectivity index is 1.92. The highest BCUT2D eigenvalue weighted by Gasteiger charge is 2.33. The topological polar surface area (TPSA) is 84.5 Å². The molecule has 6 nitrogen and oxygen atoms in total. The monoisotopic (exact) mass is 372 g/mol. The number of ether oxygens (including phenoxy) is 1. The average Bonchev–Trinajstić information content (AvgIpc) is 2.56. The molecule has 26 heavy (non-hydrogen) atoms. The Morgan fingerprint density at radius 2 is 1.85 bits per heavy atom. The van der Waals surface area contributed by atoms with Crippen molar-refractivity contribution in [3.05, 3.63) is 35.4 Å². The molecule has 0 bridgehead atoms. The van der Waals surface area contributed by atoms with Crippen molar-refractivity contribution < 1.29 is 32.3 Å². The Morgan fingerprint density at radius 1 is 1.23 bits per heavy atom. The molecule has 1 aliphatic heterocycles. The zero-order valence-electron chi connectivity index (χ0n) is 14.2. The number of alkyl halides is 3. The molecule has 9 heteroatoms. The summed E-state index contributed by atoms with van der Waals surface area (Å²) in [7, 11) is 0. The van der Waals surface area contributed by atoms with Crippen LogP contribution in [-0.4, -0.2) is 36.5 Å².